The largest absolute Gasteiger partial charge is 0.340 e. The van der Waals surface area contributed by atoms with Crippen LogP contribution in [-0.4, -0.2) is 15.0 Å². The summed E-state index contributed by atoms with van der Waals surface area (Å²) < 4.78 is 0. The Labute approximate surface area is 156 Å². The molecule has 0 aliphatic heterocycles. The predicted octanol–water partition coefficient (Wildman–Crippen LogP) is 4.65. The molecule has 0 radical (unpaired) electrons. The van der Waals surface area contributed by atoms with Gasteiger partial charge in [-0.1, -0.05) is 18.1 Å². The van der Waals surface area contributed by atoms with Crippen LogP contribution in [0.4, 0.5) is 11.5 Å². The third-order valence-corrected chi connectivity index (χ3v) is 4.61. The Balaban J connectivity index is 1.59. The third kappa shape index (κ3) is 2.72. The molecule has 2 heterocycles. The second-order valence-electron chi connectivity index (χ2n) is 6.34. The van der Waals surface area contributed by atoms with Gasteiger partial charge in [-0.15, -0.1) is 6.42 Å². The molecule has 27 heavy (non-hydrogen) atoms. The summed E-state index contributed by atoms with van der Waals surface area (Å²) in [7, 11) is 0. The van der Waals surface area contributed by atoms with Crippen LogP contribution in [0.1, 0.15) is 22.4 Å². The predicted molar refractivity (Wildman–Crippen MR) is 108 cm³/mol. The molecule has 0 saturated carbocycles. The van der Waals surface area contributed by atoms with Crippen LogP contribution in [0.15, 0.2) is 67.1 Å². The number of hydrogen-bond acceptors (Lipinski definition) is 4. The van der Waals surface area contributed by atoms with Crippen molar-refractivity contribution >= 4 is 34.1 Å². The lowest BCUT2D eigenvalue weighted by molar-refractivity contribution is 1.22. The molecule has 2 bridgehead atoms. The fourth-order valence-corrected chi connectivity index (χ4v) is 3.30. The van der Waals surface area contributed by atoms with E-state index in [1.54, 1.807) is 6.33 Å². The molecule has 126 valence electrons. The van der Waals surface area contributed by atoms with Gasteiger partial charge in [-0.3, -0.25) is 4.98 Å². The maximum Gasteiger partial charge on any atom is 0.141 e. The molecular formula is C23H14N4. The van der Waals surface area contributed by atoms with Crippen LogP contribution >= 0.6 is 0 Å². The zero-order valence-corrected chi connectivity index (χ0v) is 14.3. The summed E-state index contributed by atoms with van der Waals surface area (Å²) in [6.07, 6.45) is 11.1. The molecule has 5 rings (SSSR count). The lowest BCUT2D eigenvalue weighted by Crippen LogP contribution is -1.97. The average molecular weight is 346 g/mol. The lowest BCUT2D eigenvalue weighted by Gasteiger charge is -2.10. The highest BCUT2D eigenvalue weighted by Gasteiger charge is 2.15. The van der Waals surface area contributed by atoms with Crippen LogP contribution < -0.4 is 5.32 Å². The molecule has 2 aromatic heterocycles. The quantitative estimate of drug-likeness (QED) is 0.483. The maximum absolute atomic E-state index is 5.50. The zero-order valence-electron chi connectivity index (χ0n) is 14.3. The first-order chi connectivity index (χ1) is 13.3. The van der Waals surface area contributed by atoms with Crippen molar-refractivity contribution in [2.24, 2.45) is 0 Å². The van der Waals surface area contributed by atoms with Gasteiger partial charge in [0.05, 0.1) is 11.2 Å². The number of pyridine rings is 1. The van der Waals surface area contributed by atoms with Crippen molar-refractivity contribution in [3.8, 4) is 12.3 Å². The number of terminal acetylenes is 1. The number of anilines is 2. The highest BCUT2D eigenvalue weighted by molar-refractivity contribution is 5.99. The van der Waals surface area contributed by atoms with Crippen molar-refractivity contribution in [3.05, 3.63) is 89.5 Å². The van der Waals surface area contributed by atoms with Gasteiger partial charge in [-0.2, -0.15) is 0 Å². The van der Waals surface area contributed by atoms with Crippen LogP contribution in [0.25, 0.3) is 22.6 Å². The Hall–Kier alpha value is -3.97. The molecule has 4 heteroatoms. The molecule has 1 N–H and O–H groups in total. The minimum atomic E-state index is 0.745. The number of fused-ring (bicyclic) bond motifs is 3. The molecule has 0 saturated heterocycles. The molecule has 4 aromatic rings. The van der Waals surface area contributed by atoms with Crippen molar-refractivity contribution in [2.75, 3.05) is 5.32 Å². The highest BCUT2D eigenvalue weighted by atomic mass is 15.0. The maximum atomic E-state index is 5.50. The summed E-state index contributed by atoms with van der Waals surface area (Å²) in [6, 6.07) is 18.0. The standard InChI is InChI=1S/C23H14N4/c1-2-15-4-3-5-18(10-15)27-23-20-13-17(6-7-21(20)25-14-26-23)19-11-16-8-9-24-22(19)12-16/h1,3-14H,(H,25,26,27). The van der Waals surface area contributed by atoms with E-state index in [1.165, 1.54) is 5.56 Å². The first-order valence-electron chi connectivity index (χ1n) is 8.57. The summed E-state index contributed by atoms with van der Waals surface area (Å²) in [5, 5.41) is 4.31. The Morgan fingerprint density at radius 3 is 2.78 bits per heavy atom. The van der Waals surface area contributed by atoms with Gasteiger partial charge in [0.2, 0.25) is 0 Å². The molecular weight excluding hydrogens is 332 g/mol. The first-order valence-corrected chi connectivity index (χ1v) is 8.57. The average Bonchev–Trinajstić information content (AvgIpc) is 3.01. The van der Waals surface area contributed by atoms with Crippen molar-refractivity contribution in [3.63, 3.8) is 0 Å². The normalized spacial score (nSPS) is 11.9. The van der Waals surface area contributed by atoms with Crippen molar-refractivity contribution in [2.45, 2.75) is 0 Å². The number of hydrogen-bond donors (Lipinski definition) is 1. The second-order valence-corrected chi connectivity index (χ2v) is 6.34. The Kier molecular flexibility index (Phi) is 3.44. The molecule has 0 fully saturated rings. The van der Waals surface area contributed by atoms with Gasteiger partial charge in [0, 0.05) is 28.4 Å². The molecule has 1 aliphatic carbocycles. The van der Waals surface area contributed by atoms with Gasteiger partial charge < -0.3 is 5.32 Å². The number of aromatic nitrogens is 3. The number of benzene rings is 2. The SMILES string of the molecule is C#Cc1cccc(Nc2ncnc3ccc(C4=Cc5ccnc4c5)cc23)c1. The van der Waals surface area contributed by atoms with E-state index in [0.29, 0.717) is 0 Å². The number of nitrogens with one attached hydrogen (secondary N) is 1. The van der Waals surface area contributed by atoms with Gasteiger partial charge in [-0.25, -0.2) is 9.97 Å². The van der Waals surface area contributed by atoms with Crippen LogP contribution in [0.2, 0.25) is 0 Å². The van der Waals surface area contributed by atoms with Gasteiger partial charge in [-0.05, 0) is 59.7 Å². The van der Waals surface area contributed by atoms with Gasteiger partial charge >= 0.3 is 0 Å². The fourth-order valence-electron chi connectivity index (χ4n) is 3.30. The van der Waals surface area contributed by atoms with Crippen LogP contribution in [-0.2, 0) is 0 Å². The molecule has 0 atom stereocenters. The minimum absolute atomic E-state index is 0.745. The monoisotopic (exact) mass is 346 g/mol. The third-order valence-electron chi connectivity index (χ3n) is 4.61. The van der Waals surface area contributed by atoms with Crippen LogP contribution in [0.5, 0.6) is 0 Å². The fraction of sp³-hybridized carbons (Fsp3) is 0. The molecule has 1 aliphatic rings. The van der Waals surface area contributed by atoms with E-state index in [4.69, 9.17) is 6.42 Å². The molecule has 0 unspecified atom stereocenters. The smallest absolute Gasteiger partial charge is 0.141 e. The Bertz CT molecular complexity index is 1260. The van der Waals surface area contributed by atoms with Crippen molar-refractivity contribution in [1.82, 2.24) is 15.0 Å². The molecule has 4 nitrogen and oxygen atoms in total. The highest BCUT2D eigenvalue weighted by Crippen LogP contribution is 2.33. The van der Waals surface area contributed by atoms with Crippen LogP contribution in [0, 0.1) is 12.3 Å². The summed E-state index contributed by atoms with van der Waals surface area (Å²) in [4.78, 5) is 13.3. The van der Waals surface area contributed by atoms with Crippen molar-refractivity contribution in [1.29, 1.82) is 0 Å². The molecule has 0 spiro atoms. The first kappa shape index (κ1) is 15.3. The van der Waals surface area contributed by atoms with E-state index < -0.39 is 0 Å². The summed E-state index contributed by atoms with van der Waals surface area (Å²) in [5.74, 6) is 3.40. The van der Waals surface area contributed by atoms with Gasteiger partial charge in [0.15, 0.2) is 0 Å². The zero-order chi connectivity index (χ0) is 18.2. The Morgan fingerprint density at radius 2 is 1.89 bits per heavy atom. The van der Waals surface area contributed by atoms with Gasteiger partial charge in [0.25, 0.3) is 0 Å². The van der Waals surface area contributed by atoms with E-state index in [0.717, 1.165) is 44.8 Å². The molecule has 0 amide bonds. The van der Waals surface area contributed by atoms with E-state index in [-0.39, 0.29) is 0 Å². The summed E-state index contributed by atoms with van der Waals surface area (Å²) in [6.45, 7) is 0. The van der Waals surface area contributed by atoms with E-state index in [1.807, 2.05) is 42.6 Å². The minimum Gasteiger partial charge on any atom is -0.340 e. The van der Waals surface area contributed by atoms with Crippen LogP contribution in [0.3, 0.4) is 0 Å². The molecule has 2 aromatic carbocycles. The topological polar surface area (TPSA) is 50.7 Å². The summed E-state index contributed by atoms with van der Waals surface area (Å²) in [5.41, 5.74) is 6.95. The van der Waals surface area contributed by atoms with Gasteiger partial charge in [0.1, 0.15) is 12.1 Å². The second kappa shape index (κ2) is 6.08. The van der Waals surface area contributed by atoms with E-state index in [9.17, 15) is 0 Å². The summed E-state index contributed by atoms with van der Waals surface area (Å²) >= 11 is 0. The Morgan fingerprint density at radius 1 is 0.926 bits per heavy atom. The van der Waals surface area contributed by atoms with E-state index in [2.05, 4.69) is 50.5 Å². The number of nitrogens with zero attached hydrogens (tertiary/aromatic N) is 3. The number of rotatable bonds is 3. The lowest BCUT2D eigenvalue weighted by atomic mass is 10.0. The van der Waals surface area contributed by atoms with E-state index >= 15 is 0 Å². The van der Waals surface area contributed by atoms with Crippen molar-refractivity contribution < 1.29 is 0 Å².